The molecule has 1 fully saturated rings. The molecule has 30 heavy (non-hydrogen) atoms. The van der Waals surface area contributed by atoms with Crippen molar-refractivity contribution in [2.45, 2.75) is 45.9 Å². The highest BCUT2D eigenvalue weighted by Gasteiger charge is 2.15. The van der Waals surface area contributed by atoms with Gasteiger partial charge in [-0.05, 0) is 37.8 Å². The van der Waals surface area contributed by atoms with E-state index in [-0.39, 0.29) is 30.1 Å². The third-order valence-corrected chi connectivity index (χ3v) is 4.46. The van der Waals surface area contributed by atoms with Crippen molar-refractivity contribution in [3.8, 4) is 0 Å². The van der Waals surface area contributed by atoms with Crippen molar-refractivity contribution in [3.05, 3.63) is 35.4 Å². The molecule has 0 radical (unpaired) electrons. The van der Waals surface area contributed by atoms with E-state index < -0.39 is 0 Å². The number of guanidine groups is 1. The van der Waals surface area contributed by atoms with E-state index in [9.17, 15) is 0 Å². The number of halogens is 1. The number of aliphatic imine (C=N–C) groups is 1. The molecule has 8 heteroatoms. The highest BCUT2D eigenvalue weighted by Crippen LogP contribution is 2.09. The van der Waals surface area contributed by atoms with Crippen LogP contribution < -0.4 is 10.6 Å². The van der Waals surface area contributed by atoms with Crippen LogP contribution in [0.3, 0.4) is 0 Å². The van der Waals surface area contributed by atoms with Gasteiger partial charge < -0.3 is 29.6 Å². The number of rotatable bonds is 14. The summed E-state index contributed by atoms with van der Waals surface area (Å²) in [6.45, 7) is 11.2. The molecule has 1 aliphatic rings. The molecule has 0 amide bonds. The van der Waals surface area contributed by atoms with Crippen molar-refractivity contribution in [2.24, 2.45) is 4.99 Å². The van der Waals surface area contributed by atoms with E-state index in [1.807, 2.05) is 6.92 Å². The summed E-state index contributed by atoms with van der Waals surface area (Å²) in [6.07, 6.45) is 2.22. The van der Waals surface area contributed by atoms with Crippen molar-refractivity contribution in [3.63, 3.8) is 0 Å². The maximum atomic E-state index is 5.80. The first-order valence-corrected chi connectivity index (χ1v) is 10.8. The third kappa shape index (κ3) is 12.0. The van der Waals surface area contributed by atoms with E-state index >= 15 is 0 Å². The lowest BCUT2D eigenvalue weighted by atomic mass is 10.1. The van der Waals surface area contributed by atoms with E-state index in [2.05, 4.69) is 41.8 Å². The predicted molar refractivity (Wildman–Crippen MR) is 131 cm³/mol. The molecular formula is C22H38IN3O4. The first-order valence-electron chi connectivity index (χ1n) is 10.8. The molecule has 1 aliphatic heterocycles. The maximum absolute atomic E-state index is 5.80. The number of nitrogens with one attached hydrogen (secondary N) is 2. The topological polar surface area (TPSA) is 73.3 Å². The summed E-state index contributed by atoms with van der Waals surface area (Å²) in [5.41, 5.74) is 2.32. The van der Waals surface area contributed by atoms with Crippen molar-refractivity contribution >= 4 is 29.9 Å². The minimum absolute atomic E-state index is 0. The first kappa shape index (κ1) is 27.1. The minimum Gasteiger partial charge on any atom is -0.379 e. The van der Waals surface area contributed by atoms with E-state index in [0.717, 1.165) is 69.4 Å². The van der Waals surface area contributed by atoms with Gasteiger partial charge in [0.1, 0.15) is 0 Å². The largest absolute Gasteiger partial charge is 0.379 e. The molecule has 1 aromatic carbocycles. The Bertz CT molecular complexity index is 583. The van der Waals surface area contributed by atoms with Crippen LogP contribution in [0.25, 0.3) is 0 Å². The number of benzene rings is 1. The molecule has 0 bridgehead atoms. The highest BCUT2D eigenvalue weighted by molar-refractivity contribution is 14.0. The standard InChI is InChI=1S/C22H37N3O4.HI/c1-3-23-22(24-10-6-11-29-21-9-12-27-18-21)25-16-19-7-5-8-20(15-19)17-28-14-13-26-4-2;/h5,7-8,15,21H,3-4,6,9-14,16-18H2,1-2H3,(H2,23,24,25);1H. The zero-order valence-electron chi connectivity index (χ0n) is 18.4. The molecule has 0 spiro atoms. The Morgan fingerprint density at radius 3 is 2.73 bits per heavy atom. The Kier molecular flexibility index (Phi) is 16.0. The van der Waals surface area contributed by atoms with Crippen LogP contribution in [0.4, 0.5) is 0 Å². The quantitative estimate of drug-likeness (QED) is 0.165. The SMILES string of the molecule is CCNC(=NCc1cccc(COCCOCC)c1)NCCCOC1CCOC1.I. The van der Waals surface area contributed by atoms with Gasteiger partial charge in [-0.1, -0.05) is 24.3 Å². The van der Waals surface area contributed by atoms with Crippen LogP contribution in [-0.4, -0.2) is 64.8 Å². The summed E-state index contributed by atoms with van der Waals surface area (Å²) in [5.74, 6) is 0.829. The van der Waals surface area contributed by atoms with Crippen molar-refractivity contribution < 1.29 is 18.9 Å². The Morgan fingerprint density at radius 1 is 1.13 bits per heavy atom. The predicted octanol–water partition coefficient (Wildman–Crippen LogP) is 3.11. The molecular weight excluding hydrogens is 497 g/mol. The minimum atomic E-state index is 0. The van der Waals surface area contributed by atoms with Gasteiger partial charge in [0.25, 0.3) is 0 Å². The number of ether oxygens (including phenoxy) is 4. The second kappa shape index (κ2) is 17.7. The maximum Gasteiger partial charge on any atom is 0.191 e. The fraction of sp³-hybridized carbons (Fsp3) is 0.682. The average Bonchev–Trinajstić information content (AvgIpc) is 3.25. The van der Waals surface area contributed by atoms with Gasteiger partial charge in [0, 0.05) is 32.9 Å². The Morgan fingerprint density at radius 2 is 1.97 bits per heavy atom. The van der Waals surface area contributed by atoms with Gasteiger partial charge in [0.15, 0.2) is 5.96 Å². The van der Waals surface area contributed by atoms with Crippen LogP contribution in [0.5, 0.6) is 0 Å². The highest BCUT2D eigenvalue weighted by atomic mass is 127. The summed E-state index contributed by atoms with van der Waals surface area (Å²) < 4.78 is 22.1. The molecule has 1 saturated heterocycles. The van der Waals surface area contributed by atoms with Gasteiger partial charge in [0.2, 0.25) is 0 Å². The smallest absolute Gasteiger partial charge is 0.191 e. The molecule has 0 saturated carbocycles. The third-order valence-electron chi connectivity index (χ3n) is 4.46. The van der Waals surface area contributed by atoms with Gasteiger partial charge >= 0.3 is 0 Å². The molecule has 172 valence electrons. The Labute approximate surface area is 198 Å². The number of hydrogen-bond acceptors (Lipinski definition) is 5. The van der Waals surface area contributed by atoms with E-state index in [4.69, 9.17) is 23.9 Å². The summed E-state index contributed by atoms with van der Waals surface area (Å²) in [4.78, 5) is 4.69. The molecule has 2 rings (SSSR count). The van der Waals surface area contributed by atoms with Gasteiger partial charge in [-0.3, -0.25) is 0 Å². The van der Waals surface area contributed by atoms with Crippen molar-refractivity contribution in [2.75, 3.05) is 52.7 Å². The molecule has 0 aliphatic carbocycles. The molecule has 1 heterocycles. The summed E-state index contributed by atoms with van der Waals surface area (Å²) in [6, 6.07) is 8.36. The molecule has 0 aromatic heterocycles. The number of hydrogen-bond donors (Lipinski definition) is 2. The first-order chi connectivity index (χ1) is 14.3. The Hall–Kier alpha value is -0.940. The zero-order valence-corrected chi connectivity index (χ0v) is 20.7. The molecule has 1 unspecified atom stereocenters. The summed E-state index contributed by atoms with van der Waals surface area (Å²) in [5, 5.41) is 6.67. The van der Waals surface area contributed by atoms with Crippen LogP contribution in [0.15, 0.2) is 29.3 Å². The number of nitrogens with zero attached hydrogens (tertiary/aromatic N) is 1. The monoisotopic (exact) mass is 535 g/mol. The van der Waals surface area contributed by atoms with Crippen molar-refractivity contribution in [1.29, 1.82) is 0 Å². The normalized spacial score (nSPS) is 16.3. The van der Waals surface area contributed by atoms with E-state index in [1.54, 1.807) is 0 Å². The zero-order chi connectivity index (χ0) is 20.6. The fourth-order valence-electron chi connectivity index (χ4n) is 2.96. The molecule has 2 N–H and O–H groups in total. The molecule has 7 nitrogen and oxygen atoms in total. The van der Waals surface area contributed by atoms with Crippen LogP contribution in [-0.2, 0) is 32.1 Å². The fourth-order valence-corrected chi connectivity index (χ4v) is 2.96. The Balaban J connectivity index is 0.00000450. The lowest BCUT2D eigenvalue weighted by Gasteiger charge is -2.13. The van der Waals surface area contributed by atoms with Crippen molar-refractivity contribution in [1.82, 2.24) is 10.6 Å². The van der Waals surface area contributed by atoms with E-state index in [1.165, 1.54) is 0 Å². The molecule has 1 atom stereocenters. The van der Waals surface area contributed by atoms with Gasteiger partial charge in [-0.2, -0.15) is 0 Å². The average molecular weight is 535 g/mol. The summed E-state index contributed by atoms with van der Waals surface area (Å²) in [7, 11) is 0. The lowest BCUT2D eigenvalue weighted by Crippen LogP contribution is -2.38. The van der Waals surface area contributed by atoms with Gasteiger partial charge in [0.05, 0.1) is 39.1 Å². The lowest BCUT2D eigenvalue weighted by molar-refractivity contribution is 0.0420. The van der Waals surface area contributed by atoms with Crippen LogP contribution in [0.2, 0.25) is 0 Å². The van der Waals surface area contributed by atoms with Crippen LogP contribution in [0.1, 0.15) is 37.8 Å². The van der Waals surface area contributed by atoms with Gasteiger partial charge in [-0.15, -0.1) is 24.0 Å². The molecule has 1 aromatic rings. The second-order valence-corrected chi connectivity index (χ2v) is 6.90. The summed E-state index contributed by atoms with van der Waals surface area (Å²) >= 11 is 0. The van der Waals surface area contributed by atoms with Crippen LogP contribution in [0, 0.1) is 0 Å². The van der Waals surface area contributed by atoms with E-state index in [0.29, 0.717) is 26.4 Å². The van der Waals surface area contributed by atoms with Gasteiger partial charge in [-0.25, -0.2) is 4.99 Å². The second-order valence-electron chi connectivity index (χ2n) is 6.90. The van der Waals surface area contributed by atoms with Crippen LogP contribution >= 0.6 is 24.0 Å².